The molecule has 1 N–H and O–H groups in total. The molecule has 10 nitrogen and oxygen atoms in total. The molecule has 0 atom stereocenters. The van der Waals surface area contributed by atoms with Crippen molar-refractivity contribution < 1.29 is 9.47 Å². The Kier molecular flexibility index (Phi) is 6.68. The molecule has 0 saturated heterocycles. The minimum absolute atomic E-state index is 0.290. The Bertz CT molecular complexity index is 1160. The van der Waals surface area contributed by atoms with E-state index in [1.54, 1.807) is 17.8 Å². The smallest absolute Gasteiger partial charge is 0.332 e. The SMILES string of the molecule is CCOCCn1c(N/N=C/c2ccc(OCC)cc2)nc2c1c(=O)n(C)c(=O)n2C. The van der Waals surface area contributed by atoms with Gasteiger partial charge in [0.2, 0.25) is 5.95 Å². The van der Waals surface area contributed by atoms with Crippen LogP contribution in [0.25, 0.3) is 11.2 Å². The Hall–Kier alpha value is -3.40. The second-order valence-corrected chi connectivity index (χ2v) is 6.53. The zero-order valence-corrected chi connectivity index (χ0v) is 17.6. The van der Waals surface area contributed by atoms with E-state index in [-0.39, 0.29) is 0 Å². The van der Waals surface area contributed by atoms with Gasteiger partial charge in [-0.3, -0.25) is 13.9 Å². The Morgan fingerprint density at radius 1 is 1.10 bits per heavy atom. The molecule has 0 fully saturated rings. The third-order valence-electron chi connectivity index (χ3n) is 4.58. The van der Waals surface area contributed by atoms with Gasteiger partial charge < -0.3 is 14.0 Å². The van der Waals surface area contributed by atoms with Crippen molar-refractivity contribution in [2.45, 2.75) is 20.4 Å². The fraction of sp³-hybridized carbons (Fsp3) is 0.400. The summed E-state index contributed by atoms with van der Waals surface area (Å²) in [5.74, 6) is 1.14. The lowest BCUT2D eigenvalue weighted by atomic mass is 10.2. The molecule has 30 heavy (non-hydrogen) atoms. The number of imidazole rings is 1. The van der Waals surface area contributed by atoms with Crippen LogP contribution in [0.4, 0.5) is 5.95 Å². The van der Waals surface area contributed by atoms with Crippen LogP contribution < -0.4 is 21.4 Å². The molecular weight excluding hydrogens is 388 g/mol. The van der Waals surface area contributed by atoms with Gasteiger partial charge in [0.15, 0.2) is 11.2 Å². The van der Waals surface area contributed by atoms with Crippen molar-refractivity contribution in [2.75, 3.05) is 25.2 Å². The van der Waals surface area contributed by atoms with E-state index in [0.717, 1.165) is 15.9 Å². The monoisotopic (exact) mass is 414 g/mol. The third-order valence-corrected chi connectivity index (χ3v) is 4.58. The minimum Gasteiger partial charge on any atom is -0.494 e. The maximum absolute atomic E-state index is 12.7. The molecule has 3 aromatic rings. The van der Waals surface area contributed by atoms with Gasteiger partial charge in [-0.1, -0.05) is 0 Å². The van der Waals surface area contributed by atoms with E-state index in [9.17, 15) is 9.59 Å². The standard InChI is InChI=1S/C20H26N6O4/c1-5-29-12-11-26-16-17(24(3)20(28)25(4)18(16)27)22-19(26)23-21-13-14-7-9-15(10-8-14)30-6-2/h7-10,13H,5-6,11-12H2,1-4H3,(H,22,23)/b21-13+. The summed E-state index contributed by atoms with van der Waals surface area (Å²) in [4.78, 5) is 29.4. The lowest BCUT2D eigenvalue weighted by molar-refractivity contribution is 0.140. The molecule has 0 aliphatic heterocycles. The Balaban J connectivity index is 1.94. The van der Waals surface area contributed by atoms with Crippen molar-refractivity contribution in [2.24, 2.45) is 19.2 Å². The van der Waals surface area contributed by atoms with E-state index in [1.807, 2.05) is 38.1 Å². The largest absolute Gasteiger partial charge is 0.494 e. The number of hydrazone groups is 1. The van der Waals surface area contributed by atoms with Gasteiger partial charge in [-0.2, -0.15) is 10.1 Å². The fourth-order valence-corrected chi connectivity index (χ4v) is 3.03. The summed E-state index contributed by atoms with van der Waals surface area (Å²) in [6.07, 6.45) is 1.64. The highest BCUT2D eigenvalue weighted by molar-refractivity contribution is 5.80. The maximum atomic E-state index is 12.7. The lowest BCUT2D eigenvalue weighted by Crippen LogP contribution is -2.37. The van der Waals surface area contributed by atoms with Crippen molar-refractivity contribution in [1.29, 1.82) is 0 Å². The number of ether oxygens (including phenoxy) is 2. The fourth-order valence-electron chi connectivity index (χ4n) is 3.03. The van der Waals surface area contributed by atoms with Gasteiger partial charge in [0.05, 0.1) is 19.4 Å². The number of aromatic nitrogens is 4. The first-order valence-corrected chi connectivity index (χ1v) is 9.73. The van der Waals surface area contributed by atoms with Gasteiger partial charge in [-0.05, 0) is 43.7 Å². The Labute approximate surface area is 173 Å². The summed E-state index contributed by atoms with van der Waals surface area (Å²) in [5.41, 5.74) is 3.50. The van der Waals surface area contributed by atoms with Crippen molar-refractivity contribution in [3.8, 4) is 5.75 Å². The molecule has 0 saturated carbocycles. The molecule has 10 heteroatoms. The molecule has 2 aromatic heterocycles. The average molecular weight is 414 g/mol. The topological polar surface area (TPSA) is 105 Å². The van der Waals surface area contributed by atoms with E-state index >= 15 is 0 Å². The van der Waals surface area contributed by atoms with Crippen LogP contribution in [0.15, 0.2) is 39.0 Å². The number of nitrogens with zero attached hydrogens (tertiary/aromatic N) is 5. The van der Waals surface area contributed by atoms with Gasteiger partial charge in [-0.25, -0.2) is 10.2 Å². The molecule has 0 bridgehead atoms. The average Bonchev–Trinajstić information content (AvgIpc) is 3.11. The molecule has 2 heterocycles. The third kappa shape index (κ3) is 4.28. The molecule has 0 radical (unpaired) electrons. The van der Waals surface area contributed by atoms with Crippen molar-refractivity contribution in [3.63, 3.8) is 0 Å². The van der Waals surface area contributed by atoms with E-state index in [4.69, 9.17) is 9.47 Å². The Morgan fingerprint density at radius 2 is 1.83 bits per heavy atom. The molecule has 0 unspecified atom stereocenters. The molecule has 0 spiro atoms. The summed E-state index contributed by atoms with van der Waals surface area (Å²) < 4.78 is 15.0. The van der Waals surface area contributed by atoms with E-state index in [0.29, 0.717) is 43.5 Å². The van der Waals surface area contributed by atoms with Crippen LogP contribution in [-0.4, -0.2) is 44.7 Å². The van der Waals surface area contributed by atoms with Crippen LogP contribution in [-0.2, 0) is 25.4 Å². The number of benzene rings is 1. The number of aryl methyl sites for hydroxylation is 1. The van der Waals surface area contributed by atoms with Crippen LogP contribution in [0.3, 0.4) is 0 Å². The first-order chi connectivity index (χ1) is 14.5. The van der Waals surface area contributed by atoms with Crippen molar-refractivity contribution in [1.82, 2.24) is 18.7 Å². The van der Waals surface area contributed by atoms with Crippen LogP contribution in [0.5, 0.6) is 5.75 Å². The van der Waals surface area contributed by atoms with Crippen molar-refractivity contribution >= 4 is 23.3 Å². The molecular formula is C20H26N6O4. The molecule has 160 valence electrons. The molecule has 3 rings (SSSR count). The molecule has 0 amide bonds. The van der Waals surface area contributed by atoms with E-state index in [2.05, 4.69) is 15.5 Å². The number of nitrogens with one attached hydrogen (secondary N) is 1. The highest BCUT2D eigenvalue weighted by atomic mass is 16.5. The predicted molar refractivity (Wildman–Crippen MR) is 116 cm³/mol. The van der Waals surface area contributed by atoms with Crippen LogP contribution in [0.1, 0.15) is 19.4 Å². The maximum Gasteiger partial charge on any atom is 0.332 e. The second kappa shape index (κ2) is 9.40. The summed E-state index contributed by atoms with van der Waals surface area (Å²) in [7, 11) is 3.03. The number of anilines is 1. The van der Waals surface area contributed by atoms with Crippen LogP contribution in [0, 0.1) is 0 Å². The van der Waals surface area contributed by atoms with Gasteiger partial charge in [0.25, 0.3) is 5.56 Å². The number of fused-ring (bicyclic) bond motifs is 1. The second-order valence-electron chi connectivity index (χ2n) is 6.53. The summed E-state index contributed by atoms with van der Waals surface area (Å²) in [5, 5.41) is 4.24. The normalized spacial score (nSPS) is 11.5. The highest BCUT2D eigenvalue weighted by Crippen LogP contribution is 2.16. The Morgan fingerprint density at radius 3 is 2.50 bits per heavy atom. The van der Waals surface area contributed by atoms with E-state index < -0.39 is 11.2 Å². The summed E-state index contributed by atoms with van der Waals surface area (Å²) in [6, 6.07) is 7.49. The first kappa shape index (κ1) is 21.3. The van der Waals surface area contributed by atoms with Crippen molar-refractivity contribution in [3.05, 3.63) is 50.7 Å². The molecule has 0 aliphatic carbocycles. The minimum atomic E-state index is -0.439. The molecule has 0 aliphatic rings. The zero-order chi connectivity index (χ0) is 21.7. The van der Waals surface area contributed by atoms with Crippen LogP contribution in [0.2, 0.25) is 0 Å². The first-order valence-electron chi connectivity index (χ1n) is 9.73. The zero-order valence-electron chi connectivity index (χ0n) is 17.6. The number of hydrogen-bond donors (Lipinski definition) is 1. The van der Waals surface area contributed by atoms with Gasteiger partial charge in [0.1, 0.15) is 5.75 Å². The number of hydrogen-bond acceptors (Lipinski definition) is 7. The predicted octanol–water partition coefficient (Wildman–Crippen LogP) is 1.31. The van der Waals surface area contributed by atoms with Crippen LogP contribution >= 0.6 is 0 Å². The van der Waals surface area contributed by atoms with E-state index in [1.165, 1.54) is 11.6 Å². The lowest BCUT2D eigenvalue weighted by Gasteiger charge is -2.09. The number of rotatable bonds is 9. The highest BCUT2D eigenvalue weighted by Gasteiger charge is 2.18. The summed E-state index contributed by atoms with van der Waals surface area (Å²) >= 11 is 0. The quantitative estimate of drug-likeness (QED) is 0.322. The van der Waals surface area contributed by atoms with Gasteiger partial charge >= 0.3 is 5.69 Å². The summed E-state index contributed by atoms with van der Waals surface area (Å²) in [6.45, 7) is 5.77. The van der Waals surface area contributed by atoms with Gasteiger partial charge in [-0.15, -0.1) is 0 Å². The van der Waals surface area contributed by atoms with Gasteiger partial charge in [0, 0.05) is 27.2 Å². The molecule has 1 aromatic carbocycles.